The molecule has 0 aliphatic carbocycles. The van der Waals surface area contributed by atoms with Crippen LogP contribution in [0, 0.1) is 0 Å². The molecule has 4 N–H and O–H groups in total. The Morgan fingerprint density at radius 1 is 1.38 bits per heavy atom. The Bertz CT molecular complexity index is 335. The molecule has 8 nitrogen and oxygen atoms in total. The van der Waals surface area contributed by atoms with Crippen LogP contribution in [0.25, 0.3) is 0 Å². The van der Waals surface area contributed by atoms with Gasteiger partial charge >= 0.3 is 6.01 Å². The molecule has 0 radical (unpaired) electrons. The van der Waals surface area contributed by atoms with Crippen LogP contribution in [-0.4, -0.2) is 53.5 Å². The van der Waals surface area contributed by atoms with Crippen molar-refractivity contribution in [2.24, 2.45) is 0 Å². The van der Waals surface area contributed by atoms with E-state index in [-0.39, 0.29) is 30.6 Å². The number of hydrogen-bond acceptors (Lipinski definition) is 8. The summed E-state index contributed by atoms with van der Waals surface area (Å²) in [6, 6.07) is -0.194. The maximum atomic E-state index is 9.04. The molecule has 0 aliphatic rings. The molecule has 90 valence electrons. The number of methoxy groups -OCH3 is 2. The molecule has 1 aromatic heterocycles. The number of nitrogens with zero attached hydrogens (tertiary/aromatic N) is 3. The lowest BCUT2D eigenvalue weighted by Gasteiger charge is -2.15. The Labute approximate surface area is 92.8 Å². The van der Waals surface area contributed by atoms with Crippen LogP contribution in [0.3, 0.4) is 0 Å². The van der Waals surface area contributed by atoms with E-state index in [0.29, 0.717) is 6.61 Å². The van der Waals surface area contributed by atoms with Crippen molar-refractivity contribution in [3.05, 3.63) is 0 Å². The Hall–Kier alpha value is -1.67. The van der Waals surface area contributed by atoms with E-state index in [1.54, 1.807) is 0 Å². The van der Waals surface area contributed by atoms with Crippen molar-refractivity contribution in [1.82, 2.24) is 15.0 Å². The van der Waals surface area contributed by atoms with Crippen LogP contribution in [0.15, 0.2) is 0 Å². The van der Waals surface area contributed by atoms with Gasteiger partial charge in [0.15, 0.2) is 0 Å². The molecular weight excluding hydrogens is 214 g/mol. The fraction of sp³-hybridized carbons (Fsp3) is 0.625. The van der Waals surface area contributed by atoms with Gasteiger partial charge in [0.2, 0.25) is 11.9 Å². The summed E-state index contributed by atoms with van der Waals surface area (Å²) < 4.78 is 9.73. The van der Waals surface area contributed by atoms with Gasteiger partial charge in [0, 0.05) is 7.11 Å². The van der Waals surface area contributed by atoms with Gasteiger partial charge in [-0.3, -0.25) is 0 Å². The third-order valence-corrected chi connectivity index (χ3v) is 1.74. The third-order valence-electron chi connectivity index (χ3n) is 1.74. The minimum Gasteiger partial charge on any atom is -0.467 e. The Morgan fingerprint density at radius 2 is 2.12 bits per heavy atom. The van der Waals surface area contributed by atoms with E-state index < -0.39 is 0 Å². The van der Waals surface area contributed by atoms with Crippen LogP contribution in [-0.2, 0) is 4.74 Å². The second kappa shape index (κ2) is 6.03. The predicted molar refractivity (Wildman–Crippen MR) is 57.2 cm³/mol. The molecule has 0 saturated heterocycles. The minimum absolute atomic E-state index is 0.0449. The molecule has 1 rings (SSSR count). The lowest BCUT2D eigenvalue weighted by atomic mass is 10.3. The van der Waals surface area contributed by atoms with E-state index in [4.69, 9.17) is 20.3 Å². The van der Waals surface area contributed by atoms with Gasteiger partial charge in [0.1, 0.15) is 0 Å². The zero-order valence-electron chi connectivity index (χ0n) is 9.17. The molecule has 0 aromatic carbocycles. The van der Waals surface area contributed by atoms with Gasteiger partial charge in [-0.25, -0.2) is 0 Å². The van der Waals surface area contributed by atoms with E-state index in [9.17, 15) is 0 Å². The normalized spacial score (nSPS) is 12.2. The third kappa shape index (κ3) is 3.48. The molecule has 1 aromatic rings. The van der Waals surface area contributed by atoms with E-state index in [2.05, 4.69) is 20.3 Å². The SMILES string of the molecule is COCC(CO)Nc1nc(N)nc(OC)n1. The molecule has 0 aliphatic heterocycles. The lowest BCUT2D eigenvalue weighted by Crippen LogP contribution is -2.29. The summed E-state index contributed by atoms with van der Waals surface area (Å²) in [6.45, 7) is 0.214. The molecule has 1 atom stereocenters. The Balaban J connectivity index is 2.74. The average molecular weight is 229 g/mol. The molecule has 0 spiro atoms. The topological polar surface area (TPSA) is 115 Å². The van der Waals surface area contributed by atoms with Gasteiger partial charge in [-0.1, -0.05) is 0 Å². The number of nitrogens with one attached hydrogen (secondary N) is 1. The number of ether oxygens (including phenoxy) is 2. The van der Waals surface area contributed by atoms with Crippen LogP contribution in [0.5, 0.6) is 6.01 Å². The molecule has 8 heteroatoms. The van der Waals surface area contributed by atoms with Gasteiger partial charge in [-0.15, -0.1) is 0 Å². The summed E-state index contributed by atoms with van der Waals surface area (Å²) in [6.07, 6.45) is 0. The van der Waals surface area contributed by atoms with Gasteiger partial charge in [-0.2, -0.15) is 15.0 Å². The van der Waals surface area contributed by atoms with Gasteiger partial charge in [0.05, 0.1) is 26.4 Å². The van der Waals surface area contributed by atoms with E-state index >= 15 is 0 Å². The highest BCUT2D eigenvalue weighted by Crippen LogP contribution is 2.09. The molecule has 1 unspecified atom stereocenters. The average Bonchev–Trinajstić information content (AvgIpc) is 2.27. The standard InChI is InChI=1S/C8H15N5O3/c1-15-4-5(3-14)10-7-11-6(9)12-8(13-7)16-2/h5,14H,3-4H2,1-2H3,(H3,9,10,11,12,13). The summed E-state index contributed by atoms with van der Waals surface area (Å²) in [7, 11) is 2.96. The van der Waals surface area contributed by atoms with Gasteiger partial charge < -0.3 is 25.6 Å². The molecule has 0 saturated carbocycles. The summed E-state index contributed by atoms with van der Waals surface area (Å²) in [4.78, 5) is 11.5. The Morgan fingerprint density at radius 3 is 2.69 bits per heavy atom. The second-order valence-electron chi connectivity index (χ2n) is 2.98. The molecule has 0 fully saturated rings. The van der Waals surface area contributed by atoms with Crippen molar-refractivity contribution in [2.45, 2.75) is 6.04 Å². The van der Waals surface area contributed by atoms with Crippen molar-refractivity contribution >= 4 is 11.9 Å². The Kier molecular flexibility index (Phi) is 4.67. The van der Waals surface area contributed by atoms with Crippen LogP contribution in [0.4, 0.5) is 11.9 Å². The number of nitrogen functional groups attached to an aromatic ring is 1. The number of rotatable bonds is 6. The molecular formula is C8H15N5O3. The highest BCUT2D eigenvalue weighted by molar-refractivity contribution is 5.33. The number of anilines is 2. The molecule has 1 heterocycles. The zero-order chi connectivity index (χ0) is 12.0. The minimum atomic E-state index is -0.309. The molecule has 0 bridgehead atoms. The number of aliphatic hydroxyl groups is 1. The highest BCUT2D eigenvalue weighted by Gasteiger charge is 2.10. The smallest absolute Gasteiger partial charge is 0.322 e. The summed E-state index contributed by atoms with van der Waals surface area (Å²) in [5.41, 5.74) is 5.45. The first-order valence-electron chi connectivity index (χ1n) is 4.61. The number of nitrogens with two attached hydrogens (primary N) is 1. The van der Waals surface area contributed by atoms with E-state index in [1.807, 2.05) is 0 Å². The van der Waals surface area contributed by atoms with Crippen LogP contribution in [0.2, 0.25) is 0 Å². The first-order valence-corrected chi connectivity index (χ1v) is 4.61. The maximum Gasteiger partial charge on any atom is 0.322 e. The lowest BCUT2D eigenvalue weighted by molar-refractivity contribution is 0.153. The van der Waals surface area contributed by atoms with E-state index in [0.717, 1.165) is 0 Å². The summed E-state index contributed by atoms with van der Waals surface area (Å²) >= 11 is 0. The second-order valence-corrected chi connectivity index (χ2v) is 2.98. The van der Waals surface area contributed by atoms with Crippen LogP contribution < -0.4 is 15.8 Å². The molecule has 16 heavy (non-hydrogen) atoms. The summed E-state index contributed by atoms with van der Waals surface area (Å²) in [5.74, 6) is 0.281. The van der Waals surface area contributed by atoms with E-state index in [1.165, 1.54) is 14.2 Å². The van der Waals surface area contributed by atoms with Crippen molar-refractivity contribution in [1.29, 1.82) is 0 Å². The monoisotopic (exact) mass is 229 g/mol. The summed E-state index contributed by atoms with van der Waals surface area (Å²) in [5, 5.41) is 11.9. The maximum absolute atomic E-state index is 9.04. The number of hydrogen-bond donors (Lipinski definition) is 3. The van der Waals surface area contributed by atoms with Crippen molar-refractivity contribution in [3.63, 3.8) is 0 Å². The van der Waals surface area contributed by atoms with Crippen LogP contribution >= 0.6 is 0 Å². The van der Waals surface area contributed by atoms with Gasteiger partial charge in [0.25, 0.3) is 0 Å². The number of aromatic nitrogens is 3. The fourth-order valence-electron chi connectivity index (χ4n) is 1.05. The number of aliphatic hydroxyl groups excluding tert-OH is 1. The van der Waals surface area contributed by atoms with Crippen LogP contribution in [0.1, 0.15) is 0 Å². The predicted octanol–water partition coefficient (Wildman–Crippen LogP) is -1.12. The first kappa shape index (κ1) is 12.4. The molecule has 0 amide bonds. The van der Waals surface area contributed by atoms with Crippen molar-refractivity contribution < 1.29 is 14.6 Å². The van der Waals surface area contributed by atoms with Crippen molar-refractivity contribution in [2.75, 3.05) is 38.5 Å². The van der Waals surface area contributed by atoms with Gasteiger partial charge in [-0.05, 0) is 0 Å². The first-order chi connectivity index (χ1) is 7.69. The quantitative estimate of drug-likeness (QED) is 0.562. The van der Waals surface area contributed by atoms with Crippen molar-refractivity contribution in [3.8, 4) is 6.01 Å². The fourth-order valence-corrected chi connectivity index (χ4v) is 1.05. The zero-order valence-corrected chi connectivity index (χ0v) is 9.17. The largest absolute Gasteiger partial charge is 0.467 e. The highest BCUT2D eigenvalue weighted by atomic mass is 16.5.